The Morgan fingerprint density at radius 3 is 2.79 bits per heavy atom. The van der Waals surface area contributed by atoms with Gasteiger partial charge in [0, 0.05) is 6.54 Å². The van der Waals surface area contributed by atoms with Crippen LogP contribution in [0.5, 0.6) is 0 Å². The first kappa shape index (κ1) is 19.0. The van der Waals surface area contributed by atoms with Crippen molar-refractivity contribution in [2.45, 2.75) is 31.2 Å². The number of morpholine rings is 1. The highest BCUT2D eigenvalue weighted by Crippen LogP contribution is 2.32. The molecule has 0 bridgehead atoms. The van der Waals surface area contributed by atoms with Gasteiger partial charge in [-0.3, -0.25) is 4.79 Å². The van der Waals surface area contributed by atoms with Crippen LogP contribution in [-0.2, 0) is 15.7 Å². The Morgan fingerprint density at radius 2 is 2.12 bits per heavy atom. The summed E-state index contributed by atoms with van der Waals surface area (Å²) in [4.78, 5) is 14.1. The summed E-state index contributed by atoms with van der Waals surface area (Å²) in [6.07, 6.45) is -3.12. The molecule has 2 atom stereocenters. The van der Waals surface area contributed by atoms with Crippen molar-refractivity contribution in [1.29, 1.82) is 0 Å². The van der Waals surface area contributed by atoms with Crippen molar-refractivity contribution < 1.29 is 22.7 Å². The van der Waals surface area contributed by atoms with Gasteiger partial charge in [-0.25, -0.2) is 0 Å². The lowest BCUT2D eigenvalue weighted by Crippen LogP contribution is -2.49. The van der Waals surface area contributed by atoms with Crippen LogP contribution >= 0.6 is 12.4 Å². The van der Waals surface area contributed by atoms with Crippen LogP contribution in [0.15, 0.2) is 24.3 Å². The zero-order valence-electron chi connectivity index (χ0n) is 13.0. The van der Waals surface area contributed by atoms with E-state index in [-0.39, 0.29) is 24.4 Å². The largest absolute Gasteiger partial charge is 0.416 e. The smallest absolute Gasteiger partial charge is 0.370 e. The number of amides is 1. The molecule has 0 aliphatic carbocycles. The number of nitrogens with zero attached hydrogens (tertiary/aromatic N) is 1. The summed E-state index contributed by atoms with van der Waals surface area (Å²) in [7, 11) is 0. The first-order valence-corrected chi connectivity index (χ1v) is 7.76. The summed E-state index contributed by atoms with van der Waals surface area (Å²) in [6, 6.07) is 4.96. The molecule has 1 amide bonds. The topological polar surface area (TPSA) is 41.6 Å². The quantitative estimate of drug-likeness (QED) is 0.877. The number of benzene rings is 1. The van der Waals surface area contributed by atoms with E-state index in [0.29, 0.717) is 25.3 Å². The Balaban J connectivity index is 0.00000208. The number of ether oxygens (including phenoxy) is 1. The van der Waals surface area contributed by atoms with Gasteiger partial charge >= 0.3 is 6.18 Å². The maximum Gasteiger partial charge on any atom is 0.416 e. The molecule has 2 fully saturated rings. The molecule has 2 aliphatic rings. The third-order valence-electron chi connectivity index (χ3n) is 4.32. The van der Waals surface area contributed by atoms with Crippen LogP contribution in [0.1, 0.15) is 30.1 Å². The monoisotopic (exact) mass is 364 g/mol. The van der Waals surface area contributed by atoms with Gasteiger partial charge in [0.1, 0.15) is 6.10 Å². The van der Waals surface area contributed by atoms with E-state index in [1.54, 1.807) is 11.0 Å². The zero-order valence-corrected chi connectivity index (χ0v) is 13.8. The summed E-state index contributed by atoms with van der Waals surface area (Å²) in [5, 5.41) is 3.16. The van der Waals surface area contributed by atoms with Crippen molar-refractivity contribution in [1.82, 2.24) is 10.2 Å². The first-order valence-electron chi connectivity index (χ1n) is 7.76. The van der Waals surface area contributed by atoms with Gasteiger partial charge in [0.15, 0.2) is 0 Å². The standard InChI is InChI=1S/C16H19F3N2O2.ClH/c17-16(18,19)12-4-1-3-11(9-12)14-10-21(7-8-23-14)15(22)13-5-2-6-20-13;/h1,3-4,9,13-14,20H,2,5-8,10H2;1H. The van der Waals surface area contributed by atoms with E-state index >= 15 is 0 Å². The van der Waals surface area contributed by atoms with Gasteiger partial charge in [-0.05, 0) is 37.1 Å². The molecule has 0 spiro atoms. The molecule has 1 aromatic carbocycles. The molecular formula is C16H20ClF3N2O2. The number of hydrogen-bond donors (Lipinski definition) is 1. The van der Waals surface area contributed by atoms with Gasteiger partial charge in [-0.2, -0.15) is 13.2 Å². The Kier molecular flexibility index (Phi) is 6.11. The molecule has 0 radical (unpaired) electrons. The summed E-state index contributed by atoms with van der Waals surface area (Å²) >= 11 is 0. The summed E-state index contributed by atoms with van der Waals surface area (Å²) in [5.41, 5.74) is -0.240. The first-order chi connectivity index (χ1) is 10.9. The van der Waals surface area contributed by atoms with Crippen LogP contribution in [0.2, 0.25) is 0 Å². The third-order valence-corrected chi connectivity index (χ3v) is 4.32. The fourth-order valence-corrected chi connectivity index (χ4v) is 3.08. The van der Waals surface area contributed by atoms with Gasteiger partial charge in [0.2, 0.25) is 5.91 Å². The van der Waals surface area contributed by atoms with E-state index in [0.717, 1.165) is 31.5 Å². The number of alkyl halides is 3. The Bertz CT molecular complexity index is 577. The molecule has 2 heterocycles. The van der Waals surface area contributed by atoms with Gasteiger partial charge in [-0.1, -0.05) is 12.1 Å². The number of rotatable bonds is 2. The molecule has 4 nitrogen and oxygen atoms in total. The van der Waals surface area contributed by atoms with E-state index in [9.17, 15) is 18.0 Å². The van der Waals surface area contributed by atoms with E-state index in [2.05, 4.69) is 5.32 Å². The lowest BCUT2D eigenvalue weighted by molar-refractivity contribution is -0.141. The maximum absolute atomic E-state index is 12.8. The van der Waals surface area contributed by atoms with E-state index < -0.39 is 17.8 Å². The summed E-state index contributed by atoms with van der Waals surface area (Å²) < 4.78 is 44.1. The van der Waals surface area contributed by atoms with Crippen molar-refractivity contribution in [2.75, 3.05) is 26.2 Å². The minimum Gasteiger partial charge on any atom is -0.370 e. The predicted molar refractivity (Wildman–Crippen MR) is 85.0 cm³/mol. The van der Waals surface area contributed by atoms with Crippen LogP contribution in [0.3, 0.4) is 0 Å². The fraction of sp³-hybridized carbons (Fsp3) is 0.562. The second-order valence-electron chi connectivity index (χ2n) is 5.92. The van der Waals surface area contributed by atoms with Gasteiger partial charge in [-0.15, -0.1) is 12.4 Å². The molecule has 1 aromatic rings. The summed E-state index contributed by atoms with van der Waals surface area (Å²) in [6.45, 7) is 1.93. The van der Waals surface area contributed by atoms with Crippen molar-refractivity contribution in [3.8, 4) is 0 Å². The third kappa shape index (κ3) is 4.20. The number of carbonyl (C=O) groups is 1. The molecule has 1 N–H and O–H groups in total. The van der Waals surface area contributed by atoms with E-state index in [1.165, 1.54) is 6.07 Å². The van der Waals surface area contributed by atoms with E-state index in [4.69, 9.17) is 4.74 Å². The normalized spacial score (nSPS) is 24.5. The van der Waals surface area contributed by atoms with Crippen molar-refractivity contribution in [3.05, 3.63) is 35.4 Å². The maximum atomic E-state index is 12.8. The zero-order chi connectivity index (χ0) is 16.4. The highest BCUT2D eigenvalue weighted by Gasteiger charge is 2.34. The van der Waals surface area contributed by atoms with Gasteiger partial charge < -0.3 is 15.0 Å². The number of carbonyl (C=O) groups excluding carboxylic acids is 1. The van der Waals surface area contributed by atoms with Crippen molar-refractivity contribution >= 4 is 18.3 Å². The summed E-state index contributed by atoms with van der Waals surface area (Å²) in [5.74, 6) is 0.0165. The number of hydrogen-bond acceptors (Lipinski definition) is 3. The second-order valence-corrected chi connectivity index (χ2v) is 5.92. The molecule has 3 rings (SSSR count). The number of halogens is 4. The molecule has 0 saturated carbocycles. The highest BCUT2D eigenvalue weighted by molar-refractivity contribution is 5.85. The van der Waals surface area contributed by atoms with E-state index in [1.807, 2.05) is 0 Å². The average molecular weight is 365 g/mol. The molecule has 24 heavy (non-hydrogen) atoms. The lowest BCUT2D eigenvalue weighted by Gasteiger charge is -2.34. The second kappa shape index (κ2) is 7.72. The highest BCUT2D eigenvalue weighted by atomic mass is 35.5. The minimum atomic E-state index is -4.38. The van der Waals surface area contributed by atoms with Crippen molar-refractivity contribution in [3.63, 3.8) is 0 Å². The van der Waals surface area contributed by atoms with Crippen molar-refractivity contribution in [2.24, 2.45) is 0 Å². The Morgan fingerprint density at radius 1 is 1.33 bits per heavy atom. The minimum absolute atomic E-state index is 0. The Labute approximate surface area is 144 Å². The fourth-order valence-electron chi connectivity index (χ4n) is 3.08. The van der Waals surface area contributed by atoms with Crippen LogP contribution in [0.4, 0.5) is 13.2 Å². The molecule has 2 unspecified atom stereocenters. The Hall–Kier alpha value is -1.31. The van der Waals surface area contributed by atoms with Crippen LogP contribution < -0.4 is 5.32 Å². The molecule has 0 aromatic heterocycles. The number of nitrogens with one attached hydrogen (secondary N) is 1. The van der Waals surface area contributed by atoms with Crippen LogP contribution in [0, 0.1) is 0 Å². The van der Waals surface area contributed by atoms with Gasteiger partial charge in [0.05, 0.1) is 24.8 Å². The van der Waals surface area contributed by atoms with Gasteiger partial charge in [0.25, 0.3) is 0 Å². The predicted octanol–water partition coefficient (Wildman–Crippen LogP) is 2.78. The average Bonchev–Trinajstić information content (AvgIpc) is 3.08. The van der Waals surface area contributed by atoms with Crippen LogP contribution in [0.25, 0.3) is 0 Å². The van der Waals surface area contributed by atoms with Crippen LogP contribution in [-0.4, -0.2) is 43.1 Å². The molecular weight excluding hydrogens is 345 g/mol. The molecule has 134 valence electrons. The molecule has 2 aliphatic heterocycles. The SMILES string of the molecule is Cl.O=C(C1CCCN1)N1CCOC(c2cccc(C(F)(F)F)c2)C1. The molecule has 8 heteroatoms. The molecule has 2 saturated heterocycles. The lowest BCUT2D eigenvalue weighted by atomic mass is 10.0.